The standard InChI is InChI=1S/C18H30N2O/c1-5-16(2)18(21)19-13-9-10-14-20(3,4)15-17-11-7-6-8-12-17/h6-8,11-12,16H,5,9-10,13-15H2,1-4H3/p+1. The van der Waals surface area contributed by atoms with Crippen LogP contribution in [-0.4, -0.2) is 37.6 Å². The van der Waals surface area contributed by atoms with Gasteiger partial charge < -0.3 is 9.80 Å². The van der Waals surface area contributed by atoms with Crippen molar-refractivity contribution in [3.05, 3.63) is 35.9 Å². The van der Waals surface area contributed by atoms with Crippen molar-refractivity contribution < 1.29 is 9.28 Å². The molecular weight excluding hydrogens is 260 g/mol. The monoisotopic (exact) mass is 291 g/mol. The molecule has 1 atom stereocenters. The lowest BCUT2D eigenvalue weighted by Crippen LogP contribution is -2.40. The maximum absolute atomic E-state index is 11.7. The predicted octanol–water partition coefficient (Wildman–Crippen LogP) is 3.21. The van der Waals surface area contributed by atoms with Gasteiger partial charge in [0.1, 0.15) is 6.54 Å². The highest BCUT2D eigenvalue weighted by atomic mass is 16.1. The van der Waals surface area contributed by atoms with Crippen LogP contribution in [0, 0.1) is 5.92 Å². The highest BCUT2D eigenvalue weighted by Crippen LogP contribution is 2.10. The van der Waals surface area contributed by atoms with E-state index in [4.69, 9.17) is 0 Å². The SMILES string of the molecule is CCC(C)C(=O)NCCCC[N+](C)(C)Cc1ccccc1. The van der Waals surface area contributed by atoms with Crippen molar-refractivity contribution >= 4 is 5.91 Å². The van der Waals surface area contributed by atoms with Gasteiger partial charge in [0.05, 0.1) is 20.6 Å². The summed E-state index contributed by atoms with van der Waals surface area (Å²) in [6, 6.07) is 10.6. The molecule has 3 heteroatoms. The number of quaternary nitrogens is 1. The first-order valence-corrected chi connectivity index (χ1v) is 8.08. The topological polar surface area (TPSA) is 29.1 Å². The molecule has 1 aromatic rings. The van der Waals surface area contributed by atoms with Gasteiger partial charge in [-0.15, -0.1) is 0 Å². The zero-order chi connectivity index (χ0) is 15.7. The van der Waals surface area contributed by atoms with Crippen LogP contribution < -0.4 is 5.32 Å². The zero-order valence-corrected chi connectivity index (χ0v) is 14.1. The molecule has 1 rings (SSSR count). The molecule has 1 aromatic carbocycles. The van der Waals surface area contributed by atoms with Crippen LogP contribution in [0.15, 0.2) is 30.3 Å². The molecule has 21 heavy (non-hydrogen) atoms. The maximum atomic E-state index is 11.7. The van der Waals surface area contributed by atoms with Crippen molar-refractivity contribution in [1.29, 1.82) is 0 Å². The van der Waals surface area contributed by atoms with E-state index in [2.05, 4.69) is 49.7 Å². The van der Waals surface area contributed by atoms with Gasteiger partial charge in [-0.2, -0.15) is 0 Å². The number of hydrogen-bond acceptors (Lipinski definition) is 1. The third-order valence-corrected chi connectivity index (χ3v) is 4.00. The predicted molar refractivity (Wildman–Crippen MR) is 88.8 cm³/mol. The second-order valence-corrected chi connectivity index (χ2v) is 6.61. The fourth-order valence-corrected chi connectivity index (χ4v) is 2.39. The van der Waals surface area contributed by atoms with Gasteiger partial charge in [0.15, 0.2) is 0 Å². The third-order valence-electron chi connectivity index (χ3n) is 4.00. The Balaban J connectivity index is 2.21. The molecule has 0 fully saturated rings. The van der Waals surface area contributed by atoms with Crippen LogP contribution in [-0.2, 0) is 11.3 Å². The van der Waals surface area contributed by atoms with Crippen LogP contribution in [0.1, 0.15) is 38.7 Å². The summed E-state index contributed by atoms with van der Waals surface area (Å²) in [5, 5.41) is 3.02. The third kappa shape index (κ3) is 7.28. The van der Waals surface area contributed by atoms with E-state index < -0.39 is 0 Å². The minimum absolute atomic E-state index is 0.135. The highest BCUT2D eigenvalue weighted by Gasteiger charge is 2.15. The summed E-state index contributed by atoms with van der Waals surface area (Å²) in [6.45, 7) is 7.02. The van der Waals surface area contributed by atoms with E-state index in [9.17, 15) is 4.79 Å². The summed E-state index contributed by atoms with van der Waals surface area (Å²) in [5.41, 5.74) is 1.38. The lowest BCUT2D eigenvalue weighted by molar-refractivity contribution is -0.903. The second-order valence-electron chi connectivity index (χ2n) is 6.61. The number of rotatable bonds is 9. The van der Waals surface area contributed by atoms with Crippen molar-refractivity contribution in [2.24, 2.45) is 5.92 Å². The van der Waals surface area contributed by atoms with Gasteiger partial charge in [-0.05, 0) is 19.3 Å². The molecule has 118 valence electrons. The Kier molecular flexibility index (Phi) is 7.44. The molecule has 0 saturated carbocycles. The molecule has 1 N–H and O–H groups in total. The lowest BCUT2D eigenvalue weighted by Gasteiger charge is -2.30. The highest BCUT2D eigenvalue weighted by molar-refractivity contribution is 5.78. The summed E-state index contributed by atoms with van der Waals surface area (Å²) in [5.74, 6) is 0.325. The molecule has 0 bridgehead atoms. The summed E-state index contributed by atoms with van der Waals surface area (Å²) in [4.78, 5) is 11.7. The molecule has 0 aromatic heterocycles. The van der Waals surface area contributed by atoms with Gasteiger partial charge in [-0.1, -0.05) is 44.2 Å². The minimum Gasteiger partial charge on any atom is -0.356 e. The quantitative estimate of drug-likeness (QED) is 0.549. The van der Waals surface area contributed by atoms with Gasteiger partial charge in [0, 0.05) is 18.0 Å². The van der Waals surface area contributed by atoms with E-state index in [-0.39, 0.29) is 11.8 Å². The lowest BCUT2D eigenvalue weighted by atomic mass is 10.1. The molecular formula is C18H31N2O+. The van der Waals surface area contributed by atoms with Crippen molar-refractivity contribution in [2.45, 2.75) is 39.7 Å². The minimum atomic E-state index is 0.135. The average molecular weight is 291 g/mol. The fraction of sp³-hybridized carbons (Fsp3) is 0.611. The van der Waals surface area contributed by atoms with Crippen molar-refractivity contribution in [2.75, 3.05) is 27.2 Å². The van der Waals surface area contributed by atoms with Gasteiger partial charge in [0.25, 0.3) is 0 Å². The molecule has 1 amide bonds. The van der Waals surface area contributed by atoms with Gasteiger partial charge >= 0.3 is 0 Å². The van der Waals surface area contributed by atoms with E-state index in [0.29, 0.717) is 0 Å². The Hall–Kier alpha value is -1.35. The molecule has 0 radical (unpaired) electrons. The number of amides is 1. The summed E-state index contributed by atoms with van der Waals surface area (Å²) in [6.07, 6.45) is 3.10. The van der Waals surface area contributed by atoms with Gasteiger partial charge in [-0.3, -0.25) is 4.79 Å². The number of benzene rings is 1. The van der Waals surface area contributed by atoms with E-state index in [1.807, 2.05) is 13.8 Å². The fourth-order valence-electron chi connectivity index (χ4n) is 2.39. The van der Waals surface area contributed by atoms with E-state index in [1.54, 1.807) is 0 Å². The molecule has 3 nitrogen and oxygen atoms in total. The van der Waals surface area contributed by atoms with E-state index in [0.717, 1.165) is 43.4 Å². The second kappa shape index (κ2) is 8.83. The normalized spacial score (nSPS) is 13.0. The number of unbranched alkanes of at least 4 members (excludes halogenated alkanes) is 1. The Labute approximate surface area is 129 Å². The summed E-state index contributed by atoms with van der Waals surface area (Å²) < 4.78 is 0.989. The van der Waals surface area contributed by atoms with Crippen LogP contribution in [0.3, 0.4) is 0 Å². The van der Waals surface area contributed by atoms with Crippen LogP contribution in [0.25, 0.3) is 0 Å². The summed E-state index contributed by atoms with van der Waals surface area (Å²) in [7, 11) is 4.54. The van der Waals surface area contributed by atoms with Crippen LogP contribution in [0.5, 0.6) is 0 Å². The molecule has 0 spiro atoms. The Morgan fingerprint density at radius 1 is 1.19 bits per heavy atom. The van der Waals surface area contributed by atoms with Gasteiger partial charge in [0.2, 0.25) is 5.91 Å². The van der Waals surface area contributed by atoms with Crippen LogP contribution in [0.2, 0.25) is 0 Å². The Morgan fingerprint density at radius 3 is 2.48 bits per heavy atom. The van der Waals surface area contributed by atoms with E-state index in [1.165, 1.54) is 5.56 Å². The smallest absolute Gasteiger partial charge is 0.222 e. The van der Waals surface area contributed by atoms with Crippen LogP contribution in [0.4, 0.5) is 0 Å². The molecule has 1 unspecified atom stereocenters. The first kappa shape index (κ1) is 17.7. The molecule has 0 aliphatic heterocycles. The number of nitrogens with zero attached hydrogens (tertiary/aromatic N) is 1. The largest absolute Gasteiger partial charge is 0.356 e. The molecule has 0 saturated heterocycles. The maximum Gasteiger partial charge on any atom is 0.222 e. The zero-order valence-electron chi connectivity index (χ0n) is 14.1. The first-order valence-electron chi connectivity index (χ1n) is 8.08. The summed E-state index contributed by atoms with van der Waals surface area (Å²) >= 11 is 0. The van der Waals surface area contributed by atoms with E-state index >= 15 is 0 Å². The Morgan fingerprint density at radius 2 is 1.86 bits per heavy atom. The number of carbonyl (C=O) groups excluding carboxylic acids is 1. The first-order chi connectivity index (χ1) is 9.94. The van der Waals surface area contributed by atoms with Crippen LogP contribution >= 0.6 is 0 Å². The number of carbonyl (C=O) groups is 1. The number of hydrogen-bond donors (Lipinski definition) is 1. The van der Waals surface area contributed by atoms with Gasteiger partial charge in [-0.25, -0.2) is 0 Å². The van der Waals surface area contributed by atoms with Crippen molar-refractivity contribution in [3.63, 3.8) is 0 Å². The van der Waals surface area contributed by atoms with Crippen molar-refractivity contribution in [1.82, 2.24) is 5.32 Å². The molecule has 0 aliphatic carbocycles. The Bertz CT molecular complexity index is 414. The average Bonchev–Trinajstić information content (AvgIpc) is 2.46. The molecule has 0 heterocycles. The number of nitrogens with one attached hydrogen (secondary N) is 1. The molecule has 0 aliphatic rings. The van der Waals surface area contributed by atoms with Crippen molar-refractivity contribution in [3.8, 4) is 0 Å².